The first kappa shape index (κ1) is 28.3. The van der Waals surface area contributed by atoms with Gasteiger partial charge < -0.3 is 15.7 Å². The maximum atomic E-state index is 14.0. The van der Waals surface area contributed by atoms with Gasteiger partial charge in [0.1, 0.15) is 5.83 Å². The van der Waals surface area contributed by atoms with Crippen molar-refractivity contribution in [2.75, 3.05) is 17.6 Å². The van der Waals surface area contributed by atoms with Crippen molar-refractivity contribution in [3.8, 4) is 0 Å². The number of carboxylic acid groups (broad SMARTS) is 1. The lowest BCUT2D eigenvalue weighted by Gasteiger charge is -2.29. The Kier molecular flexibility index (Phi) is 10.3. The van der Waals surface area contributed by atoms with Gasteiger partial charge in [0.2, 0.25) is 10.0 Å². The molecule has 0 fully saturated rings. The zero-order valence-electron chi connectivity index (χ0n) is 20.0. The Labute approximate surface area is 209 Å². The van der Waals surface area contributed by atoms with Crippen LogP contribution in [0.25, 0.3) is 0 Å². The smallest absolute Gasteiger partial charge is 0.404 e. The molecule has 0 saturated heterocycles. The summed E-state index contributed by atoms with van der Waals surface area (Å²) >= 11 is 1.10. The molecule has 2 aromatic carbocycles. The molecule has 3 N–H and O–H groups in total. The minimum absolute atomic E-state index is 0.0691. The quantitative estimate of drug-likeness (QED) is 0.359. The van der Waals surface area contributed by atoms with Crippen LogP contribution in [0.2, 0.25) is 0 Å². The molecule has 0 bridgehead atoms. The Morgan fingerprint density at radius 3 is 2.23 bits per heavy atom. The number of carbonyl (C=O) groups is 2. The number of rotatable bonds is 11. The van der Waals surface area contributed by atoms with Gasteiger partial charge in [0.25, 0.3) is 5.91 Å². The van der Waals surface area contributed by atoms with Crippen molar-refractivity contribution in [3.63, 3.8) is 0 Å². The molecule has 0 atom stereocenters. The number of nitrogens with zero attached hydrogens (tertiary/aromatic N) is 1. The number of hydrogen-bond donors (Lipinski definition) is 3. The van der Waals surface area contributed by atoms with E-state index in [1.54, 1.807) is 24.3 Å². The third-order valence-electron chi connectivity index (χ3n) is 4.78. The molecule has 0 aliphatic carbocycles. The number of carbonyl (C=O) groups excluding carboxylic acids is 1. The molecule has 190 valence electrons. The van der Waals surface area contributed by atoms with E-state index < -0.39 is 27.9 Å². The third kappa shape index (κ3) is 8.08. The number of thioether (sulfide) groups is 1. The van der Waals surface area contributed by atoms with Gasteiger partial charge in [-0.05, 0) is 70.2 Å². The number of nitrogens with one attached hydrogen (secondary N) is 2. The standard InChI is InChI=1S/C24H30FN3O5S2/c1-16(2)28(17(3)4)35(32,33)20-11-9-19(10-12-20)27-23(29)21-7-5-6-8-22(21)34-15-18(25)13-14-26-24(30)31/h5-13,16-17,26H,14-15H2,1-4H3,(H,27,29)(H,30,31). The number of benzene rings is 2. The van der Waals surface area contributed by atoms with E-state index >= 15 is 0 Å². The van der Waals surface area contributed by atoms with Gasteiger partial charge in [-0.25, -0.2) is 17.6 Å². The first-order valence-electron chi connectivity index (χ1n) is 10.9. The van der Waals surface area contributed by atoms with Crippen LogP contribution in [-0.4, -0.2) is 54.2 Å². The molecule has 2 rings (SSSR count). The predicted octanol–water partition coefficient (Wildman–Crippen LogP) is 4.96. The number of halogens is 1. The lowest BCUT2D eigenvalue weighted by molar-refractivity contribution is 0.102. The Balaban J connectivity index is 2.12. The fourth-order valence-corrected chi connectivity index (χ4v) is 6.15. The topological polar surface area (TPSA) is 116 Å². The highest BCUT2D eigenvalue weighted by Gasteiger charge is 2.29. The highest BCUT2D eigenvalue weighted by atomic mass is 32.2. The van der Waals surface area contributed by atoms with Crippen LogP contribution in [0.15, 0.2) is 70.2 Å². The van der Waals surface area contributed by atoms with E-state index in [2.05, 4.69) is 5.32 Å². The third-order valence-corrected chi connectivity index (χ3v) is 8.13. The SMILES string of the molecule is CC(C)N(C(C)C)S(=O)(=O)c1ccc(NC(=O)c2ccccc2SCC(F)=CCNC(=O)O)cc1. The van der Waals surface area contributed by atoms with E-state index in [0.717, 1.165) is 17.8 Å². The Morgan fingerprint density at radius 2 is 1.66 bits per heavy atom. The van der Waals surface area contributed by atoms with Crippen LogP contribution in [0.4, 0.5) is 14.9 Å². The van der Waals surface area contributed by atoms with Crippen LogP contribution in [0, 0.1) is 0 Å². The van der Waals surface area contributed by atoms with Gasteiger partial charge in [-0.3, -0.25) is 4.79 Å². The number of anilines is 1. The zero-order valence-corrected chi connectivity index (χ0v) is 21.6. The molecule has 0 aromatic heterocycles. The van der Waals surface area contributed by atoms with Crippen molar-refractivity contribution < 1.29 is 27.5 Å². The summed E-state index contributed by atoms with van der Waals surface area (Å²) in [6.45, 7) is 7.11. The average molecular weight is 524 g/mol. The van der Waals surface area contributed by atoms with Gasteiger partial charge in [-0.1, -0.05) is 12.1 Å². The molecule has 0 aliphatic rings. The molecular weight excluding hydrogens is 493 g/mol. The monoisotopic (exact) mass is 523 g/mol. The van der Waals surface area contributed by atoms with Crippen molar-refractivity contribution in [2.24, 2.45) is 0 Å². The van der Waals surface area contributed by atoms with E-state index in [4.69, 9.17) is 5.11 Å². The maximum absolute atomic E-state index is 14.0. The van der Waals surface area contributed by atoms with Gasteiger partial charge in [-0.15, -0.1) is 11.8 Å². The average Bonchev–Trinajstić information content (AvgIpc) is 2.77. The van der Waals surface area contributed by atoms with E-state index in [-0.39, 0.29) is 29.3 Å². The van der Waals surface area contributed by atoms with Crippen molar-refractivity contribution in [1.82, 2.24) is 9.62 Å². The molecule has 11 heteroatoms. The highest BCUT2D eigenvalue weighted by molar-refractivity contribution is 7.99. The molecule has 0 radical (unpaired) electrons. The molecule has 0 saturated carbocycles. The second-order valence-electron chi connectivity index (χ2n) is 8.12. The fourth-order valence-electron chi connectivity index (χ4n) is 3.42. The zero-order chi connectivity index (χ0) is 26.2. The summed E-state index contributed by atoms with van der Waals surface area (Å²) in [6.07, 6.45) is -0.120. The summed E-state index contributed by atoms with van der Waals surface area (Å²) in [7, 11) is -3.69. The molecular formula is C24H30FN3O5S2. The molecule has 35 heavy (non-hydrogen) atoms. The first-order chi connectivity index (χ1) is 16.4. The van der Waals surface area contributed by atoms with Crippen LogP contribution in [-0.2, 0) is 10.0 Å². The summed E-state index contributed by atoms with van der Waals surface area (Å²) in [5, 5.41) is 13.3. The molecule has 2 aromatic rings. The number of amides is 2. The fraction of sp³-hybridized carbons (Fsp3) is 0.333. The molecule has 2 amide bonds. The van der Waals surface area contributed by atoms with Gasteiger partial charge in [0.15, 0.2) is 0 Å². The lowest BCUT2D eigenvalue weighted by Crippen LogP contribution is -2.41. The maximum Gasteiger partial charge on any atom is 0.404 e. The van der Waals surface area contributed by atoms with Crippen molar-refractivity contribution in [1.29, 1.82) is 0 Å². The Hall–Kier alpha value is -2.89. The van der Waals surface area contributed by atoms with Crippen LogP contribution in [0.1, 0.15) is 38.1 Å². The summed E-state index contributed by atoms with van der Waals surface area (Å²) in [5.41, 5.74) is 0.747. The number of sulfonamides is 1. The second kappa shape index (κ2) is 12.7. The lowest BCUT2D eigenvalue weighted by atomic mass is 10.2. The van der Waals surface area contributed by atoms with Crippen molar-refractivity contribution in [2.45, 2.75) is 49.6 Å². The largest absolute Gasteiger partial charge is 0.465 e. The molecule has 0 aliphatic heterocycles. The Bertz CT molecular complexity index is 1160. The summed E-state index contributed by atoms with van der Waals surface area (Å²) < 4.78 is 41.4. The first-order valence-corrected chi connectivity index (χ1v) is 13.3. The predicted molar refractivity (Wildman–Crippen MR) is 136 cm³/mol. The van der Waals surface area contributed by atoms with E-state index in [0.29, 0.717) is 16.1 Å². The van der Waals surface area contributed by atoms with Crippen LogP contribution in [0.3, 0.4) is 0 Å². The van der Waals surface area contributed by atoms with Crippen LogP contribution in [0.5, 0.6) is 0 Å². The summed E-state index contributed by atoms with van der Waals surface area (Å²) in [6, 6.07) is 12.2. The van der Waals surface area contributed by atoms with Gasteiger partial charge in [0.05, 0.1) is 10.5 Å². The molecule has 0 heterocycles. The summed E-state index contributed by atoms with van der Waals surface area (Å²) in [4.78, 5) is 24.0. The normalized spacial score (nSPS) is 12.3. The number of hydrogen-bond acceptors (Lipinski definition) is 5. The van der Waals surface area contributed by atoms with Crippen molar-refractivity contribution >= 4 is 39.5 Å². The van der Waals surface area contributed by atoms with Crippen LogP contribution >= 0.6 is 11.8 Å². The summed E-state index contributed by atoms with van der Waals surface area (Å²) in [5.74, 6) is -1.01. The van der Waals surface area contributed by atoms with E-state index in [1.165, 1.54) is 28.6 Å². The highest BCUT2D eigenvalue weighted by Crippen LogP contribution is 2.27. The molecule has 0 unspecified atom stereocenters. The van der Waals surface area contributed by atoms with E-state index in [1.807, 2.05) is 33.0 Å². The Morgan fingerprint density at radius 1 is 1.06 bits per heavy atom. The van der Waals surface area contributed by atoms with Gasteiger partial charge in [-0.2, -0.15) is 4.31 Å². The van der Waals surface area contributed by atoms with Gasteiger partial charge in [0, 0.05) is 35.0 Å². The minimum Gasteiger partial charge on any atom is -0.465 e. The van der Waals surface area contributed by atoms with Crippen LogP contribution < -0.4 is 10.6 Å². The minimum atomic E-state index is -3.69. The molecule has 8 nitrogen and oxygen atoms in total. The second-order valence-corrected chi connectivity index (χ2v) is 11.0. The van der Waals surface area contributed by atoms with E-state index in [9.17, 15) is 22.4 Å². The molecule has 0 spiro atoms. The van der Waals surface area contributed by atoms with Gasteiger partial charge >= 0.3 is 6.09 Å². The van der Waals surface area contributed by atoms with Crippen molar-refractivity contribution in [3.05, 3.63) is 66.0 Å².